The van der Waals surface area contributed by atoms with Crippen molar-refractivity contribution in [1.82, 2.24) is 0 Å². The maximum Gasteiger partial charge on any atom is 0.256 e. The minimum absolute atomic E-state index is 0.0158. The van der Waals surface area contributed by atoms with E-state index in [0.29, 0.717) is 10.5 Å². The molecule has 134 valence electrons. The van der Waals surface area contributed by atoms with E-state index in [-0.39, 0.29) is 16.7 Å². The van der Waals surface area contributed by atoms with E-state index < -0.39 is 0 Å². The van der Waals surface area contributed by atoms with Gasteiger partial charge < -0.3 is 5.32 Å². The van der Waals surface area contributed by atoms with Gasteiger partial charge in [0.15, 0.2) is 0 Å². The topological polar surface area (TPSA) is 29.1 Å². The van der Waals surface area contributed by atoms with Gasteiger partial charge in [0, 0.05) is 10.6 Å². The van der Waals surface area contributed by atoms with Crippen LogP contribution in [-0.4, -0.2) is 5.91 Å². The summed E-state index contributed by atoms with van der Waals surface area (Å²) in [4.78, 5) is 13.4. The maximum absolute atomic E-state index is 12.8. The predicted octanol–water partition coefficient (Wildman–Crippen LogP) is 6.25. The lowest BCUT2D eigenvalue weighted by atomic mass is 9.72. The Morgan fingerprint density at radius 1 is 1.04 bits per heavy atom. The van der Waals surface area contributed by atoms with Gasteiger partial charge in [-0.2, -0.15) is 0 Å². The van der Waals surface area contributed by atoms with Gasteiger partial charge in [-0.3, -0.25) is 4.79 Å². The molecule has 0 atom stereocenters. The average Bonchev–Trinajstić information content (AvgIpc) is 2.44. The molecule has 0 fully saturated rings. The summed E-state index contributed by atoms with van der Waals surface area (Å²) in [5.41, 5.74) is 3.89. The molecule has 0 saturated carbocycles. The molecule has 25 heavy (non-hydrogen) atoms. The van der Waals surface area contributed by atoms with E-state index in [0.717, 1.165) is 23.2 Å². The molecule has 3 heteroatoms. The summed E-state index contributed by atoms with van der Waals surface area (Å²) in [5.74, 6) is -0.121. The first-order chi connectivity index (χ1) is 11.5. The molecule has 0 bridgehead atoms. The fourth-order valence-corrected chi connectivity index (χ4v) is 3.73. The number of hydrogen-bond acceptors (Lipinski definition) is 2. The van der Waals surface area contributed by atoms with E-state index in [1.165, 1.54) is 0 Å². The normalized spacial score (nSPS) is 12.1. The van der Waals surface area contributed by atoms with Gasteiger partial charge >= 0.3 is 0 Å². The Morgan fingerprint density at radius 2 is 1.72 bits per heavy atom. The van der Waals surface area contributed by atoms with Crippen LogP contribution in [0.5, 0.6) is 0 Å². The van der Waals surface area contributed by atoms with Crippen molar-refractivity contribution in [3.63, 3.8) is 0 Å². The molecule has 0 unspecified atom stereocenters. The Morgan fingerprint density at radius 3 is 2.32 bits per heavy atom. The highest BCUT2D eigenvalue weighted by Crippen LogP contribution is 2.37. The number of rotatable bonds is 4. The first-order valence-corrected chi connectivity index (χ1v) is 9.14. The van der Waals surface area contributed by atoms with Crippen LogP contribution in [0.3, 0.4) is 0 Å². The second kappa shape index (κ2) is 7.25. The Kier molecular flexibility index (Phi) is 5.68. The number of carbonyl (C=O) groups is 1. The zero-order valence-corrected chi connectivity index (χ0v) is 17.0. The monoisotopic (exact) mass is 355 g/mol. The van der Waals surface area contributed by atoms with Crippen LogP contribution in [0.15, 0.2) is 47.4 Å². The van der Waals surface area contributed by atoms with E-state index >= 15 is 0 Å². The summed E-state index contributed by atoms with van der Waals surface area (Å²) in [7, 11) is 0. The third-order valence-corrected chi connectivity index (χ3v) is 4.66. The minimum atomic E-state index is -0.121. The van der Waals surface area contributed by atoms with Crippen molar-refractivity contribution in [3.8, 4) is 0 Å². The van der Waals surface area contributed by atoms with Crippen LogP contribution < -0.4 is 5.32 Å². The fraction of sp³-hybridized carbons (Fsp3) is 0.409. The van der Waals surface area contributed by atoms with Crippen molar-refractivity contribution in [2.45, 2.75) is 58.3 Å². The van der Waals surface area contributed by atoms with Crippen molar-refractivity contribution in [1.29, 1.82) is 0 Å². The summed E-state index contributed by atoms with van der Waals surface area (Å²) in [6, 6.07) is 13.8. The van der Waals surface area contributed by atoms with Crippen LogP contribution in [0.25, 0.3) is 0 Å². The molecule has 1 N–H and O–H groups in total. The van der Waals surface area contributed by atoms with Crippen molar-refractivity contribution in [3.05, 3.63) is 59.2 Å². The summed E-state index contributed by atoms with van der Waals surface area (Å²) in [6.07, 6.45) is 1.03. The molecule has 0 aliphatic carbocycles. The summed E-state index contributed by atoms with van der Waals surface area (Å²) < 4.78 is 0. The number of aryl methyl sites for hydroxylation is 1. The van der Waals surface area contributed by atoms with Gasteiger partial charge in [0.25, 0.3) is 5.91 Å². The van der Waals surface area contributed by atoms with E-state index in [1.54, 1.807) is 0 Å². The van der Waals surface area contributed by atoms with Crippen LogP contribution >= 0.6 is 12.6 Å². The maximum atomic E-state index is 12.8. The van der Waals surface area contributed by atoms with Crippen LogP contribution in [0.4, 0.5) is 5.69 Å². The second-order valence-corrected chi connectivity index (χ2v) is 9.16. The zero-order chi connectivity index (χ0) is 18.8. The molecule has 1 amide bonds. The van der Waals surface area contributed by atoms with Gasteiger partial charge in [-0.15, -0.1) is 12.6 Å². The van der Waals surface area contributed by atoms with Gasteiger partial charge in [0.05, 0.1) is 5.56 Å². The molecule has 2 aromatic rings. The Bertz CT molecular complexity index is 772. The molecule has 2 nitrogen and oxygen atoms in total. The van der Waals surface area contributed by atoms with Crippen LogP contribution in [-0.2, 0) is 5.41 Å². The number of hydrogen-bond donors (Lipinski definition) is 2. The number of benzene rings is 2. The molecule has 0 radical (unpaired) electrons. The van der Waals surface area contributed by atoms with E-state index in [2.05, 4.69) is 58.6 Å². The van der Waals surface area contributed by atoms with E-state index in [1.807, 2.05) is 43.3 Å². The fourth-order valence-electron chi connectivity index (χ4n) is 3.49. The van der Waals surface area contributed by atoms with Gasteiger partial charge in [-0.05, 0) is 59.6 Å². The Balaban J connectivity index is 2.31. The molecule has 0 saturated heterocycles. The predicted molar refractivity (Wildman–Crippen MR) is 110 cm³/mol. The standard InChI is InChI=1S/C22H29NOS/c1-15-8-7-9-17(12-15)23-20(24)18-13-16(10-11-19(18)25)22(5,6)14-21(2,3)4/h7-13,25H,14H2,1-6H3,(H,23,24). The second-order valence-electron chi connectivity index (χ2n) is 8.68. The number of amides is 1. The number of nitrogens with one attached hydrogen (secondary N) is 1. The van der Waals surface area contributed by atoms with Crippen LogP contribution in [0.2, 0.25) is 0 Å². The summed E-state index contributed by atoms with van der Waals surface area (Å²) in [6.45, 7) is 13.2. The molecular formula is C22H29NOS. The Labute approximate surface area is 157 Å². The summed E-state index contributed by atoms with van der Waals surface area (Å²) in [5, 5.41) is 2.98. The first kappa shape index (κ1) is 19.6. The van der Waals surface area contributed by atoms with Crippen LogP contribution in [0.1, 0.15) is 62.5 Å². The summed E-state index contributed by atoms with van der Waals surface area (Å²) >= 11 is 4.49. The third-order valence-electron chi connectivity index (χ3n) is 4.27. The Hall–Kier alpha value is -1.74. The van der Waals surface area contributed by atoms with Crippen molar-refractivity contribution < 1.29 is 4.79 Å². The number of anilines is 1. The highest BCUT2D eigenvalue weighted by molar-refractivity contribution is 7.80. The first-order valence-electron chi connectivity index (χ1n) is 8.69. The van der Waals surface area contributed by atoms with Gasteiger partial charge in [-0.1, -0.05) is 52.8 Å². The minimum Gasteiger partial charge on any atom is -0.322 e. The molecule has 2 rings (SSSR count). The highest BCUT2D eigenvalue weighted by Gasteiger charge is 2.28. The van der Waals surface area contributed by atoms with E-state index in [4.69, 9.17) is 0 Å². The van der Waals surface area contributed by atoms with Crippen LogP contribution in [0, 0.1) is 12.3 Å². The lowest BCUT2D eigenvalue weighted by Crippen LogP contribution is -2.25. The number of thiol groups is 1. The molecule has 0 heterocycles. The molecule has 0 spiro atoms. The van der Waals surface area contributed by atoms with Crippen molar-refractivity contribution in [2.24, 2.45) is 5.41 Å². The highest BCUT2D eigenvalue weighted by atomic mass is 32.1. The molecular weight excluding hydrogens is 326 g/mol. The zero-order valence-electron chi connectivity index (χ0n) is 16.1. The lowest BCUT2D eigenvalue weighted by Gasteiger charge is -2.33. The van der Waals surface area contributed by atoms with Crippen molar-refractivity contribution >= 4 is 24.2 Å². The van der Waals surface area contributed by atoms with Gasteiger partial charge in [0.1, 0.15) is 0 Å². The van der Waals surface area contributed by atoms with E-state index in [9.17, 15) is 4.79 Å². The molecule has 0 aromatic heterocycles. The lowest BCUT2D eigenvalue weighted by molar-refractivity contribution is 0.102. The molecule has 0 aliphatic rings. The smallest absolute Gasteiger partial charge is 0.256 e. The molecule has 0 aliphatic heterocycles. The number of carbonyl (C=O) groups excluding carboxylic acids is 1. The average molecular weight is 356 g/mol. The third kappa shape index (κ3) is 5.37. The quantitative estimate of drug-likeness (QED) is 0.624. The van der Waals surface area contributed by atoms with Crippen molar-refractivity contribution in [2.75, 3.05) is 5.32 Å². The van der Waals surface area contributed by atoms with Gasteiger partial charge in [-0.25, -0.2) is 0 Å². The molecule has 2 aromatic carbocycles. The van der Waals surface area contributed by atoms with Gasteiger partial charge in [0.2, 0.25) is 0 Å². The largest absolute Gasteiger partial charge is 0.322 e. The SMILES string of the molecule is Cc1cccc(NC(=O)c2cc(C(C)(C)CC(C)(C)C)ccc2S)c1.